The second-order valence-corrected chi connectivity index (χ2v) is 7.15. The summed E-state index contributed by atoms with van der Waals surface area (Å²) in [5, 5.41) is 0. The Kier molecular flexibility index (Phi) is 7.07. The first-order valence-corrected chi connectivity index (χ1v) is 9.79. The lowest BCUT2D eigenvalue weighted by molar-refractivity contribution is -0.134. The third kappa shape index (κ3) is 6.73. The van der Waals surface area contributed by atoms with E-state index in [1.165, 1.54) is 17.7 Å². The molecule has 0 bridgehead atoms. The highest BCUT2D eigenvalue weighted by atomic mass is 19.4. The van der Waals surface area contributed by atoms with E-state index in [4.69, 9.17) is 0 Å². The first-order chi connectivity index (χ1) is 13.9. The molecular weight excluding hydrogens is 380 g/mol. The van der Waals surface area contributed by atoms with Crippen LogP contribution in [0.3, 0.4) is 0 Å². The smallest absolute Gasteiger partial charge is 0.332 e. The Morgan fingerprint density at radius 2 is 1.48 bits per heavy atom. The molecule has 3 aromatic rings. The van der Waals surface area contributed by atoms with Crippen LogP contribution in [0.1, 0.15) is 35.5 Å². The maximum Gasteiger partial charge on any atom is 0.389 e. The van der Waals surface area contributed by atoms with E-state index in [0.29, 0.717) is 25.1 Å². The van der Waals surface area contributed by atoms with Crippen LogP contribution in [-0.4, -0.2) is 15.7 Å². The number of nitrogens with zero attached hydrogens (tertiary/aromatic N) is 2. The molecule has 6 heteroatoms. The van der Waals surface area contributed by atoms with Crippen molar-refractivity contribution in [1.29, 1.82) is 0 Å². The number of benzene rings is 2. The molecule has 0 aliphatic rings. The molecule has 0 N–H and O–H groups in total. The lowest BCUT2D eigenvalue weighted by Gasteiger charge is -2.13. The minimum Gasteiger partial charge on any atom is -0.332 e. The Hall–Kier alpha value is -2.63. The van der Waals surface area contributed by atoms with Crippen molar-refractivity contribution in [3.63, 3.8) is 0 Å². The summed E-state index contributed by atoms with van der Waals surface area (Å²) in [4.78, 5) is 4.40. The Balaban J connectivity index is 1.68. The molecule has 0 saturated carbocycles. The van der Waals surface area contributed by atoms with Crippen molar-refractivity contribution in [3.05, 3.63) is 89.3 Å². The van der Waals surface area contributed by atoms with Crippen molar-refractivity contribution >= 4 is 0 Å². The molecule has 0 atom stereocenters. The van der Waals surface area contributed by atoms with Crippen LogP contribution < -0.4 is 0 Å². The van der Waals surface area contributed by atoms with E-state index >= 15 is 0 Å². The predicted molar refractivity (Wildman–Crippen MR) is 105 cm³/mol. The maximum absolute atomic E-state index is 13.1. The van der Waals surface area contributed by atoms with Crippen LogP contribution in [0, 0.1) is 5.82 Å². The van der Waals surface area contributed by atoms with E-state index in [2.05, 4.69) is 4.98 Å². The van der Waals surface area contributed by atoms with Crippen molar-refractivity contribution < 1.29 is 17.6 Å². The predicted octanol–water partition coefficient (Wildman–Crippen LogP) is 5.94. The second-order valence-electron chi connectivity index (χ2n) is 7.15. The van der Waals surface area contributed by atoms with Gasteiger partial charge in [0.05, 0.1) is 0 Å². The number of halogens is 4. The molecule has 29 heavy (non-hydrogen) atoms. The van der Waals surface area contributed by atoms with Crippen LogP contribution in [-0.2, 0) is 32.2 Å². The average Bonchev–Trinajstić information content (AvgIpc) is 3.08. The molecule has 0 aliphatic carbocycles. The highest BCUT2D eigenvalue weighted by molar-refractivity contribution is 5.18. The van der Waals surface area contributed by atoms with Gasteiger partial charge < -0.3 is 4.57 Å². The zero-order chi connectivity index (χ0) is 20.7. The summed E-state index contributed by atoms with van der Waals surface area (Å²) in [7, 11) is 0. The molecular formula is C23H24F4N2. The zero-order valence-electron chi connectivity index (χ0n) is 16.1. The number of alkyl halides is 3. The van der Waals surface area contributed by atoms with E-state index in [1.54, 1.807) is 18.3 Å². The van der Waals surface area contributed by atoms with Gasteiger partial charge in [0.25, 0.3) is 0 Å². The summed E-state index contributed by atoms with van der Waals surface area (Å²) in [6, 6.07) is 16.3. The molecule has 2 nitrogen and oxygen atoms in total. The fourth-order valence-corrected chi connectivity index (χ4v) is 3.39. The fraction of sp³-hybridized carbons (Fsp3) is 0.348. The Morgan fingerprint density at radius 1 is 0.793 bits per heavy atom. The normalized spacial score (nSPS) is 11.7. The second kappa shape index (κ2) is 9.72. The largest absolute Gasteiger partial charge is 0.389 e. The first-order valence-electron chi connectivity index (χ1n) is 9.79. The van der Waals surface area contributed by atoms with Gasteiger partial charge >= 0.3 is 6.18 Å². The maximum atomic E-state index is 13.1. The Labute approximate surface area is 168 Å². The number of rotatable bonds is 9. The van der Waals surface area contributed by atoms with Crippen molar-refractivity contribution in [2.75, 3.05) is 0 Å². The third-order valence-corrected chi connectivity index (χ3v) is 4.93. The van der Waals surface area contributed by atoms with Crippen LogP contribution in [0.5, 0.6) is 0 Å². The minimum atomic E-state index is -4.19. The van der Waals surface area contributed by atoms with Crippen molar-refractivity contribution in [3.8, 4) is 0 Å². The van der Waals surface area contributed by atoms with E-state index in [0.717, 1.165) is 24.2 Å². The van der Waals surface area contributed by atoms with Gasteiger partial charge in [0.15, 0.2) is 0 Å². The zero-order valence-corrected chi connectivity index (χ0v) is 16.1. The van der Waals surface area contributed by atoms with Gasteiger partial charge in [0.2, 0.25) is 0 Å². The molecule has 0 saturated heterocycles. The lowest BCUT2D eigenvalue weighted by atomic mass is 10.1. The number of aryl methyl sites for hydroxylation is 4. The monoisotopic (exact) mass is 404 g/mol. The van der Waals surface area contributed by atoms with Gasteiger partial charge in [-0.1, -0.05) is 42.5 Å². The van der Waals surface area contributed by atoms with E-state index in [1.807, 2.05) is 34.9 Å². The summed E-state index contributed by atoms with van der Waals surface area (Å²) in [6.45, 7) is 0.626. The van der Waals surface area contributed by atoms with E-state index < -0.39 is 12.6 Å². The number of hydrogen-bond donors (Lipinski definition) is 0. The third-order valence-electron chi connectivity index (χ3n) is 4.93. The molecule has 1 aromatic heterocycles. The molecule has 0 unspecified atom stereocenters. The molecule has 2 aromatic carbocycles. The molecule has 1 heterocycles. The first kappa shape index (κ1) is 21.1. The summed E-state index contributed by atoms with van der Waals surface area (Å²) < 4.78 is 53.1. The summed E-state index contributed by atoms with van der Waals surface area (Å²) in [6.07, 6.45) is -0.607. The van der Waals surface area contributed by atoms with Crippen molar-refractivity contribution in [2.24, 2.45) is 0 Å². The molecule has 154 valence electrons. The van der Waals surface area contributed by atoms with Crippen LogP contribution in [0.2, 0.25) is 0 Å². The van der Waals surface area contributed by atoms with Crippen LogP contribution in [0.4, 0.5) is 17.6 Å². The molecule has 0 fully saturated rings. The van der Waals surface area contributed by atoms with Gasteiger partial charge in [-0.2, -0.15) is 13.2 Å². The topological polar surface area (TPSA) is 17.8 Å². The summed E-state index contributed by atoms with van der Waals surface area (Å²) in [5.41, 5.74) is 2.80. The van der Waals surface area contributed by atoms with Gasteiger partial charge in [-0.15, -0.1) is 0 Å². The van der Waals surface area contributed by atoms with Gasteiger partial charge in [-0.05, 0) is 48.9 Å². The Morgan fingerprint density at radius 3 is 2.17 bits per heavy atom. The quantitative estimate of drug-likeness (QED) is 0.404. The molecule has 3 rings (SSSR count). The van der Waals surface area contributed by atoms with E-state index in [9.17, 15) is 17.6 Å². The van der Waals surface area contributed by atoms with Crippen LogP contribution >= 0.6 is 0 Å². The average molecular weight is 404 g/mol. The molecule has 0 radical (unpaired) electrons. The fourth-order valence-electron chi connectivity index (χ4n) is 3.39. The minimum absolute atomic E-state index is 0.0710. The highest BCUT2D eigenvalue weighted by Crippen LogP contribution is 2.23. The van der Waals surface area contributed by atoms with Crippen molar-refractivity contribution in [2.45, 2.75) is 51.2 Å². The number of aromatic nitrogens is 2. The SMILES string of the molecule is Fc1ccc(CCc2ncc(CCC(F)(F)F)n2CCCc2ccccc2)cc1. The molecule has 0 aliphatic heterocycles. The summed E-state index contributed by atoms with van der Waals surface area (Å²) in [5.74, 6) is 0.491. The highest BCUT2D eigenvalue weighted by Gasteiger charge is 2.27. The number of imidazole rings is 1. The van der Waals surface area contributed by atoms with Crippen LogP contribution in [0.25, 0.3) is 0 Å². The standard InChI is InChI=1S/C23H24F4N2/c24-20-11-8-19(9-12-20)10-13-22-28-17-21(14-15-23(25,26)27)29(22)16-4-7-18-5-2-1-3-6-18/h1-3,5-6,8-9,11-12,17H,4,7,10,13-16H2. The molecule has 0 amide bonds. The Bertz CT molecular complexity index is 883. The van der Waals surface area contributed by atoms with Crippen LogP contribution in [0.15, 0.2) is 60.8 Å². The van der Waals surface area contributed by atoms with E-state index in [-0.39, 0.29) is 12.2 Å². The number of hydrogen-bond acceptors (Lipinski definition) is 1. The van der Waals surface area contributed by atoms with Gasteiger partial charge in [-0.25, -0.2) is 9.37 Å². The van der Waals surface area contributed by atoms with Gasteiger partial charge in [0, 0.05) is 31.3 Å². The van der Waals surface area contributed by atoms with Crippen molar-refractivity contribution in [1.82, 2.24) is 9.55 Å². The summed E-state index contributed by atoms with van der Waals surface area (Å²) >= 11 is 0. The lowest BCUT2D eigenvalue weighted by Crippen LogP contribution is -2.13. The van der Waals surface area contributed by atoms with Gasteiger partial charge in [-0.3, -0.25) is 0 Å². The van der Waals surface area contributed by atoms with Gasteiger partial charge in [0.1, 0.15) is 11.6 Å². The molecule has 0 spiro atoms.